The molecule has 5 nitrogen and oxygen atoms in total. The number of carboxylic acids is 1. The second-order valence-corrected chi connectivity index (χ2v) is 6.32. The van der Waals surface area contributed by atoms with Crippen LogP contribution in [0, 0.1) is 12.7 Å². The summed E-state index contributed by atoms with van der Waals surface area (Å²) in [7, 11) is 0. The van der Waals surface area contributed by atoms with E-state index in [0.717, 1.165) is 22.4 Å². The highest BCUT2D eigenvalue weighted by Gasteiger charge is 2.33. The van der Waals surface area contributed by atoms with Crippen molar-refractivity contribution in [3.8, 4) is 0 Å². The van der Waals surface area contributed by atoms with Gasteiger partial charge in [0.15, 0.2) is 0 Å². The average Bonchev–Trinajstić information content (AvgIpc) is 3.06. The van der Waals surface area contributed by atoms with Gasteiger partial charge in [-0.2, -0.15) is 5.10 Å². The normalized spacial score (nSPS) is 16.5. The fourth-order valence-electron chi connectivity index (χ4n) is 2.93. The Kier molecular flexibility index (Phi) is 5.11. The van der Waals surface area contributed by atoms with Gasteiger partial charge in [0, 0.05) is 12.8 Å². The predicted octanol–water partition coefficient (Wildman–Crippen LogP) is 3.68. The number of aliphatic carboxylic acids is 1. The fraction of sp³-hybridized carbons (Fsp3) is 0.250. The summed E-state index contributed by atoms with van der Waals surface area (Å²) in [5.41, 5.74) is 3.55. The third-order valence-electron chi connectivity index (χ3n) is 4.36. The van der Waals surface area contributed by atoms with Crippen molar-refractivity contribution in [1.29, 1.82) is 0 Å². The van der Waals surface area contributed by atoms with Crippen molar-refractivity contribution in [3.05, 3.63) is 71.0 Å². The number of nitrogens with zero attached hydrogens (tertiary/aromatic N) is 2. The molecule has 26 heavy (non-hydrogen) atoms. The summed E-state index contributed by atoms with van der Waals surface area (Å²) in [5.74, 6) is -1.74. The number of rotatable bonds is 5. The van der Waals surface area contributed by atoms with E-state index in [0.29, 0.717) is 6.42 Å². The van der Waals surface area contributed by atoms with E-state index < -0.39 is 5.97 Å². The van der Waals surface area contributed by atoms with Crippen molar-refractivity contribution >= 4 is 17.6 Å². The standard InChI is InChI=1S/C20H19FN2O3/c1-13-2-4-14(5-3-13)17-12-18(15-6-8-16(21)9-7-15)23(22-17)19(24)10-11-20(25)26/h2-9,18H,10-12H2,1H3,(H,25,26)/t18-/m0/s1. The lowest BCUT2D eigenvalue weighted by molar-refractivity contribution is -0.141. The van der Waals surface area contributed by atoms with Crippen LogP contribution in [-0.4, -0.2) is 27.7 Å². The molecule has 0 aliphatic carbocycles. The molecule has 1 heterocycles. The summed E-state index contributed by atoms with van der Waals surface area (Å²) >= 11 is 0. The first-order valence-corrected chi connectivity index (χ1v) is 8.38. The molecule has 3 rings (SSSR count). The summed E-state index contributed by atoms with van der Waals surface area (Å²) in [5, 5.41) is 14.6. The predicted molar refractivity (Wildman–Crippen MR) is 95.2 cm³/mol. The summed E-state index contributed by atoms with van der Waals surface area (Å²) in [6, 6.07) is 13.4. The second kappa shape index (κ2) is 7.47. The van der Waals surface area contributed by atoms with Crippen molar-refractivity contribution in [3.63, 3.8) is 0 Å². The molecule has 2 aromatic rings. The first kappa shape index (κ1) is 17.8. The molecule has 0 radical (unpaired) electrons. The average molecular weight is 354 g/mol. The number of hydrogen-bond donors (Lipinski definition) is 1. The zero-order valence-corrected chi connectivity index (χ0v) is 14.4. The molecule has 1 aliphatic heterocycles. The molecule has 1 N–H and O–H groups in total. The molecular weight excluding hydrogens is 335 g/mol. The number of hydrogen-bond acceptors (Lipinski definition) is 3. The van der Waals surface area contributed by atoms with Gasteiger partial charge in [0.25, 0.3) is 0 Å². The molecule has 0 aromatic heterocycles. The van der Waals surface area contributed by atoms with Gasteiger partial charge in [-0.25, -0.2) is 9.40 Å². The van der Waals surface area contributed by atoms with E-state index in [4.69, 9.17) is 5.11 Å². The van der Waals surface area contributed by atoms with Crippen molar-refractivity contribution in [1.82, 2.24) is 5.01 Å². The molecule has 0 saturated heterocycles. The topological polar surface area (TPSA) is 70.0 Å². The number of carbonyl (C=O) groups excluding carboxylic acids is 1. The lowest BCUT2D eigenvalue weighted by atomic mass is 9.98. The number of amides is 1. The zero-order valence-electron chi connectivity index (χ0n) is 14.4. The maximum absolute atomic E-state index is 13.2. The molecule has 1 aliphatic rings. The Hall–Kier alpha value is -3.02. The van der Waals surface area contributed by atoms with E-state index in [-0.39, 0.29) is 30.6 Å². The van der Waals surface area contributed by atoms with E-state index in [1.54, 1.807) is 12.1 Å². The number of aryl methyl sites for hydroxylation is 1. The van der Waals surface area contributed by atoms with Gasteiger partial charge in [0.1, 0.15) is 5.82 Å². The largest absolute Gasteiger partial charge is 0.481 e. The fourth-order valence-corrected chi connectivity index (χ4v) is 2.93. The second-order valence-electron chi connectivity index (χ2n) is 6.32. The summed E-state index contributed by atoms with van der Waals surface area (Å²) in [6.45, 7) is 1.99. The summed E-state index contributed by atoms with van der Waals surface area (Å²) in [6.07, 6.45) is 0.117. The van der Waals surface area contributed by atoms with Gasteiger partial charge in [-0.15, -0.1) is 0 Å². The minimum Gasteiger partial charge on any atom is -0.481 e. The maximum atomic E-state index is 13.2. The number of carbonyl (C=O) groups is 2. The van der Waals surface area contributed by atoms with E-state index >= 15 is 0 Å². The van der Waals surface area contributed by atoms with Crippen LogP contribution in [0.1, 0.15) is 42.0 Å². The van der Waals surface area contributed by atoms with Gasteiger partial charge >= 0.3 is 5.97 Å². The summed E-state index contributed by atoms with van der Waals surface area (Å²) in [4.78, 5) is 23.3. The van der Waals surface area contributed by atoms with Gasteiger partial charge < -0.3 is 5.11 Å². The Bertz CT molecular complexity index is 844. The number of halogens is 1. The van der Waals surface area contributed by atoms with Crippen LogP contribution in [0.25, 0.3) is 0 Å². The zero-order chi connectivity index (χ0) is 18.7. The number of carboxylic acid groups (broad SMARTS) is 1. The molecule has 0 fully saturated rings. The van der Waals surface area contributed by atoms with Crippen LogP contribution >= 0.6 is 0 Å². The van der Waals surface area contributed by atoms with Gasteiger partial charge in [-0.05, 0) is 30.2 Å². The van der Waals surface area contributed by atoms with E-state index in [2.05, 4.69) is 5.10 Å². The third kappa shape index (κ3) is 3.96. The first-order valence-electron chi connectivity index (χ1n) is 8.38. The number of hydrazone groups is 1. The van der Waals surface area contributed by atoms with Gasteiger partial charge in [-0.1, -0.05) is 42.0 Å². The van der Waals surface area contributed by atoms with Crippen LogP contribution in [0.5, 0.6) is 0 Å². The first-order chi connectivity index (χ1) is 12.4. The summed E-state index contributed by atoms with van der Waals surface area (Å²) < 4.78 is 13.2. The molecule has 0 spiro atoms. The Balaban J connectivity index is 1.89. The van der Waals surface area contributed by atoms with Crippen molar-refractivity contribution in [2.24, 2.45) is 5.10 Å². The van der Waals surface area contributed by atoms with Crippen LogP contribution in [0.2, 0.25) is 0 Å². The van der Waals surface area contributed by atoms with Crippen molar-refractivity contribution in [2.75, 3.05) is 0 Å². The minimum atomic E-state index is -1.03. The van der Waals surface area contributed by atoms with Crippen LogP contribution in [0.4, 0.5) is 4.39 Å². The molecule has 0 bridgehead atoms. The van der Waals surface area contributed by atoms with Crippen molar-refractivity contribution in [2.45, 2.75) is 32.2 Å². The van der Waals surface area contributed by atoms with Crippen LogP contribution in [0.15, 0.2) is 53.6 Å². The molecule has 1 amide bonds. The molecule has 0 saturated carbocycles. The van der Waals surface area contributed by atoms with Crippen LogP contribution < -0.4 is 0 Å². The highest BCUT2D eigenvalue weighted by molar-refractivity contribution is 6.03. The quantitative estimate of drug-likeness (QED) is 0.890. The smallest absolute Gasteiger partial charge is 0.303 e. The Morgan fingerprint density at radius 3 is 2.38 bits per heavy atom. The van der Waals surface area contributed by atoms with Crippen LogP contribution in [0.3, 0.4) is 0 Å². The SMILES string of the molecule is Cc1ccc(C2=NN(C(=O)CCC(=O)O)[C@H](c3ccc(F)cc3)C2)cc1. The molecule has 134 valence electrons. The van der Waals surface area contributed by atoms with E-state index in [1.165, 1.54) is 17.1 Å². The molecule has 2 aromatic carbocycles. The Labute approximate surface area is 150 Å². The Morgan fingerprint density at radius 1 is 1.12 bits per heavy atom. The highest BCUT2D eigenvalue weighted by atomic mass is 19.1. The van der Waals surface area contributed by atoms with Gasteiger partial charge in [0.05, 0.1) is 18.2 Å². The van der Waals surface area contributed by atoms with Crippen LogP contribution in [-0.2, 0) is 9.59 Å². The monoisotopic (exact) mass is 354 g/mol. The maximum Gasteiger partial charge on any atom is 0.303 e. The third-order valence-corrected chi connectivity index (χ3v) is 4.36. The molecule has 1 atom stereocenters. The van der Waals surface area contributed by atoms with E-state index in [1.807, 2.05) is 31.2 Å². The minimum absolute atomic E-state index is 0.127. The number of benzene rings is 2. The van der Waals surface area contributed by atoms with E-state index in [9.17, 15) is 14.0 Å². The molecule has 6 heteroatoms. The van der Waals surface area contributed by atoms with Crippen molar-refractivity contribution < 1.29 is 19.1 Å². The lowest BCUT2D eigenvalue weighted by Gasteiger charge is -2.21. The lowest BCUT2D eigenvalue weighted by Crippen LogP contribution is -2.27. The molecular formula is C20H19FN2O3. The van der Waals surface area contributed by atoms with Gasteiger partial charge in [-0.3, -0.25) is 9.59 Å². The Morgan fingerprint density at radius 2 is 1.77 bits per heavy atom. The highest BCUT2D eigenvalue weighted by Crippen LogP contribution is 2.33. The molecule has 0 unspecified atom stereocenters. The van der Waals surface area contributed by atoms with Gasteiger partial charge in [0.2, 0.25) is 5.91 Å².